The summed E-state index contributed by atoms with van der Waals surface area (Å²) in [6, 6.07) is 10.3. The van der Waals surface area contributed by atoms with Gasteiger partial charge in [0.1, 0.15) is 0 Å². The fraction of sp³-hybridized carbons (Fsp3) is 0.474. The molecule has 0 radical (unpaired) electrons. The Balaban J connectivity index is 1.51. The molecule has 0 bridgehead atoms. The average molecular weight is 355 g/mol. The molecule has 3 heterocycles. The van der Waals surface area contributed by atoms with Gasteiger partial charge >= 0.3 is 0 Å². The summed E-state index contributed by atoms with van der Waals surface area (Å²) in [5.74, 6) is 0. The number of rotatable bonds is 3. The molecule has 7 heteroatoms. The Morgan fingerprint density at radius 1 is 1.27 bits per heavy atom. The minimum atomic E-state index is -0.643. The fourth-order valence-corrected chi connectivity index (χ4v) is 3.78. The van der Waals surface area contributed by atoms with Gasteiger partial charge in [-0.2, -0.15) is 4.99 Å². The molecule has 1 aromatic heterocycles. The maximum absolute atomic E-state index is 10.7. The van der Waals surface area contributed by atoms with Crippen molar-refractivity contribution in [3.63, 3.8) is 0 Å². The number of para-hydroxylation sites is 1. The molecule has 138 valence electrons. The van der Waals surface area contributed by atoms with Gasteiger partial charge in [0.05, 0.1) is 30.4 Å². The van der Waals surface area contributed by atoms with Crippen LogP contribution in [0.15, 0.2) is 47.8 Å². The molecule has 7 nitrogen and oxygen atoms in total. The summed E-state index contributed by atoms with van der Waals surface area (Å²) in [6.45, 7) is 2.87. The molecule has 0 saturated carbocycles. The van der Waals surface area contributed by atoms with E-state index in [0.29, 0.717) is 25.5 Å². The van der Waals surface area contributed by atoms with Gasteiger partial charge in [-0.15, -0.1) is 0 Å². The highest BCUT2D eigenvalue weighted by Crippen LogP contribution is 2.33. The van der Waals surface area contributed by atoms with Gasteiger partial charge in [0.15, 0.2) is 5.60 Å². The van der Waals surface area contributed by atoms with E-state index in [9.17, 15) is 5.11 Å². The smallest absolute Gasteiger partial charge is 0.293 e. The molecule has 2 fully saturated rings. The van der Waals surface area contributed by atoms with Crippen molar-refractivity contribution in [2.75, 3.05) is 26.7 Å². The quantitative estimate of drug-likeness (QED) is 0.901. The van der Waals surface area contributed by atoms with Crippen LogP contribution in [0.4, 0.5) is 5.69 Å². The molecule has 2 aliphatic heterocycles. The number of likely N-dealkylation sites (tertiary alicyclic amines) is 1. The second-order valence-corrected chi connectivity index (χ2v) is 7.30. The SMILES string of the molecule is CN1C[C@@]2(CN(Cc3cn(C)cn3)CC[C@@H]2O)OC1=Nc1ccccc1. The van der Waals surface area contributed by atoms with Crippen LogP contribution in [0.1, 0.15) is 12.1 Å². The number of hydrogen-bond acceptors (Lipinski definition) is 5. The highest BCUT2D eigenvalue weighted by molar-refractivity contribution is 5.79. The number of aryl methyl sites for hydroxylation is 1. The third-order valence-electron chi connectivity index (χ3n) is 5.07. The molecular formula is C19H25N5O2. The number of piperidine rings is 1. The van der Waals surface area contributed by atoms with E-state index in [2.05, 4.69) is 14.9 Å². The number of ether oxygens (including phenoxy) is 1. The fourth-order valence-electron chi connectivity index (χ4n) is 3.78. The summed E-state index contributed by atoms with van der Waals surface area (Å²) in [5, 5.41) is 10.7. The third-order valence-corrected chi connectivity index (χ3v) is 5.07. The minimum absolute atomic E-state index is 0.506. The largest absolute Gasteiger partial charge is 0.452 e. The van der Waals surface area contributed by atoms with Crippen LogP contribution in [0.5, 0.6) is 0 Å². The van der Waals surface area contributed by atoms with Crippen LogP contribution < -0.4 is 0 Å². The molecule has 1 spiro atoms. The van der Waals surface area contributed by atoms with Crippen molar-refractivity contribution in [3.05, 3.63) is 48.5 Å². The molecule has 0 aliphatic carbocycles. The highest BCUT2D eigenvalue weighted by Gasteiger charge is 2.51. The van der Waals surface area contributed by atoms with Crippen molar-refractivity contribution in [3.8, 4) is 0 Å². The van der Waals surface area contributed by atoms with E-state index in [1.165, 1.54) is 0 Å². The van der Waals surface area contributed by atoms with Crippen LogP contribution in [0.25, 0.3) is 0 Å². The van der Waals surface area contributed by atoms with E-state index >= 15 is 0 Å². The Hall–Kier alpha value is -2.38. The lowest BCUT2D eigenvalue weighted by Gasteiger charge is -2.41. The standard InChI is InChI=1S/C19H25N5O2/c1-22-10-16(20-14-22)11-24-9-8-17(25)19(13-24)12-23(2)18(26-19)21-15-6-4-3-5-7-15/h3-7,10,14,17,25H,8-9,11-13H2,1-2H3/t17-,19-/m0/s1. The predicted octanol–water partition coefficient (Wildman–Crippen LogP) is 1.38. The lowest BCUT2D eigenvalue weighted by molar-refractivity contribution is -0.0953. The summed E-state index contributed by atoms with van der Waals surface area (Å²) in [4.78, 5) is 13.3. The maximum Gasteiger partial charge on any atom is 0.293 e. The molecule has 1 aromatic carbocycles. The van der Waals surface area contributed by atoms with Crippen LogP contribution in [0.3, 0.4) is 0 Å². The number of imidazole rings is 1. The van der Waals surface area contributed by atoms with E-state index in [0.717, 1.165) is 24.5 Å². The van der Waals surface area contributed by atoms with E-state index in [-0.39, 0.29) is 0 Å². The minimum Gasteiger partial charge on any atom is -0.452 e. The average Bonchev–Trinajstić information content (AvgIpc) is 3.16. The zero-order chi connectivity index (χ0) is 18.1. The van der Waals surface area contributed by atoms with E-state index in [1.807, 2.05) is 66.4 Å². The Morgan fingerprint density at radius 3 is 2.81 bits per heavy atom. The third kappa shape index (κ3) is 3.32. The van der Waals surface area contributed by atoms with Crippen molar-refractivity contribution in [2.24, 2.45) is 12.0 Å². The van der Waals surface area contributed by atoms with E-state index < -0.39 is 11.7 Å². The van der Waals surface area contributed by atoms with Gasteiger partial charge in [-0.05, 0) is 18.6 Å². The molecule has 2 aromatic rings. The molecular weight excluding hydrogens is 330 g/mol. The predicted molar refractivity (Wildman–Crippen MR) is 99.1 cm³/mol. The van der Waals surface area contributed by atoms with E-state index in [4.69, 9.17) is 4.74 Å². The molecule has 2 aliphatic rings. The van der Waals surface area contributed by atoms with Crippen LogP contribution in [-0.4, -0.2) is 68.9 Å². The van der Waals surface area contributed by atoms with Gasteiger partial charge in [-0.25, -0.2) is 4.98 Å². The second-order valence-electron chi connectivity index (χ2n) is 7.30. The first-order valence-corrected chi connectivity index (χ1v) is 8.95. The van der Waals surface area contributed by atoms with E-state index in [1.54, 1.807) is 0 Å². The Labute approximate surface area is 153 Å². The van der Waals surface area contributed by atoms with Gasteiger partial charge in [-0.3, -0.25) is 4.90 Å². The first kappa shape index (κ1) is 17.1. The highest BCUT2D eigenvalue weighted by atomic mass is 16.6. The Morgan fingerprint density at radius 2 is 2.08 bits per heavy atom. The molecule has 4 rings (SSSR count). The zero-order valence-corrected chi connectivity index (χ0v) is 15.2. The van der Waals surface area contributed by atoms with Gasteiger partial charge in [0, 0.05) is 39.9 Å². The number of aliphatic hydroxyl groups excluding tert-OH is 1. The first-order valence-electron chi connectivity index (χ1n) is 8.95. The number of aliphatic imine (C=N–C) groups is 1. The second kappa shape index (κ2) is 6.74. The first-order chi connectivity index (χ1) is 12.5. The molecule has 2 atom stereocenters. The summed E-state index contributed by atoms with van der Waals surface area (Å²) >= 11 is 0. The van der Waals surface area contributed by atoms with Crippen molar-refractivity contribution in [1.82, 2.24) is 19.4 Å². The number of hydrogen-bond donors (Lipinski definition) is 1. The Kier molecular flexibility index (Phi) is 4.42. The van der Waals surface area contributed by atoms with Gasteiger partial charge in [-0.1, -0.05) is 18.2 Å². The van der Waals surface area contributed by atoms with Gasteiger partial charge < -0.3 is 19.3 Å². The summed E-state index contributed by atoms with van der Waals surface area (Å²) in [5.41, 5.74) is 1.24. The number of nitrogens with zero attached hydrogens (tertiary/aromatic N) is 5. The molecule has 2 saturated heterocycles. The summed E-state index contributed by atoms with van der Waals surface area (Å²) in [7, 11) is 3.93. The van der Waals surface area contributed by atoms with Crippen molar-refractivity contribution < 1.29 is 9.84 Å². The molecule has 26 heavy (non-hydrogen) atoms. The van der Waals surface area contributed by atoms with Gasteiger partial charge in [0.25, 0.3) is 6.02 Å². The van der Waals surface area contributed by atoms with Crippen LogP contribution in [-0.2, 0) is 18.3 Å². The number of aromatic nitrogens is 2. The molecule has 1 N–H and O–H groups in total. The lowest BCUT2D eigenvalue weighted by atomic mass is 9.89. The van der Waals surface area contributed by atoms with Crippen molar-refractivity contribution in [2.45, 2.75) is 24.7 Å². The lowest BCUT2D eigenvalue weighted by Crippen LogP contribution is -2.58. The van der Waals surface area contributed by atoms with Crippen LogP contribution in [0.2, 0.25) is 0 Å². The number of likely N-dealkylation sites (N-methyl/N-ethyl adjacent to an activating group) is 1. The zero-order valence-electron chi connectivity index (χ0n) is 15.2. The number of amidine groups is 1. The summed E-state index contributed by atoms with van der Waals surface area (Å²) in [6.07, 6.45) is 4.02. The normalized spacial score (nSPS) is 28.0. The maximum atomic E-state index is 10.7. The number of benzene rings is 1. The topological polar surface area (TPSA) is 66.1 Å². The van der Waals surface area contributed by atoms with Crippen LogP contribution >= 0.6 is 0 Å². The summed E-state index contributed by atoms with van der Waals surface area (Å²) < 4.78 is 8.20. The van der Waals surface area contributed by atoms with Crippen molar-refractivity contribution >= 4 is 11.7 Å². The Bertz CT molecular complexity index is 790. The molecule has 0 amide bonds. The van der Waals surface area contributed by atoms with Crippen molar-refractivity contribution in [1.29, 1.82) is 0 Å². The molecule has 0 unspecified atom stereocenters. The van der Waals surface area contributed by atoms with Gasteiger partial charge in [0.2, 0.25) is 0 Å². The monoisotopic (exact) mass is 355 g/mol. The van der Waals surface area contributed by atoms with Crippen LogP contribution in [0, 0.1) is 0 Å². The number of aliphatic hydroxyl groups is 1.